The number of nitrogens with zero attached hydrogens (tertiary/aromatic N) is 2. The van der Waals surface area contributed by atoms with Gasteiger partial charge in [-0.2, -0.15) is 0 Å². The monoisotopic (exact) mass is 356 g/mol. The van der Waals surface area contributed by atoms with Gasteiger partial charge in [0.05, 0.1) is 18.8 Å². The van der Waals surface area contributed by atoms with Gasteiger partial charge in [0.1, 0.15) is 17.0 Å². The van der Waals surface area contributed by atoms with Crippen LogP contribution in [0.3, 0.4) is 0 Å². The molecule has 5 fully saturated rings. The Hall–Kier alpha value is -1.75. The first-order valence-corrected chi connectivity index (χ1v) is 9.83. The Morgan fingerprint density at radius 1 is 1.12 bits per heavy atom. The second-order valence-electron chi connectivity index (χ2n) is 9.38. The highest BCUT2D eigenvalue weighted by Crippen LogP contribution is 2.59. The van der Waals surface area contributed by atoms with E-state index in [-0.39, 0.29) is 11.9 Å². The summed E-state index contributed by atoms with van der Waals surface area (Å²) >= 11 is 0. The summed E-state index contributed by atoms with van der Waals surface area (Å²) in [6.07, 6.45) is 4.94. The second-order valence-corrected chi connectivity index (χ2v) is 9.38. The SMILES string of the molecule is COc1ccccc1N1N([C@H]2C3CC4CC2C[C@](O)(C4)C3)C(=O)C1(C)C. The van der Waals surface area contributed by atoms with E-state index in [4.69, 9.17) is 4.74 Å². The standard InChI is InChI=1S/C21H28N2O3/c1-20(2)19(24)22(23(20)16-6-4-5-7-17(16)26-3)18-14-8-13-9-15(18)12-21(25,10-13)11-14/h4-7,13-15,18,25H,8-12H2,1-3H3/t13?,14?,15?,18-,21-. The van der Waals surface area contributed by atoms with Crippen molar-refractivity contribution in [3.05, 3.63) is 24.3 Å². The minimum Gasteiger partial charge on any atom is -0.495 e. The zero-order chi connectivity index (χ0) is 18.3. The minimum atomic E-state index is -0.569. The summed E-state index contributed by atoms with van der Waals surface area (Å²) in [7, 11) is 1.68. The van der Waals surface area contributed by atoms with Gasteiger partial charge in [-0.1, -0.05) is 12.1 Å². The molecule has 1 aromatic carbocycles. The predicted molar refractivity (Wildman–Crippen MR) is 98.7 cm³/mol. The van der Waals surface area contributed by atoms with Crippen LogP contribution in [0.4, 0.5) is 5.69 Å². The third-order valence-corrected chi connectivity index (χ3v) is 7.26. The summed E-state index contributed by atoms with van der Waals surface area (Å²) < 4.78 is 5.58. The van der Waals surface area contributed by atoms with Crippen molar-refractivity contribution >= 4 is 11.6 Å². The summed E-state index contributed by atoms with van der Waals surface area (Å²) in [5.74, 6) is 2.43. The lowest BCUT2D eigenvalue weighted by atomic mass is 9.52. The van der Waals surface area contributed by atoms with Crippen LogP contribution < -0.4 is 9.75 Å². The number of methoxy groups -OCH3 is 1. The lowest BCUT2D eigenvalue weighted by Gasteiger charge is -2.67. The van der Waals surface area contributed by atoms with Gasteiger partial charge in [0.2, 0.25) is 0 Å². The first kappa shape index (κ1) is 16.4. The highest BCUT2D eigenvalue weighted by atomic mass is 16.5. The first-order valence-electron chi connectivity index (χ1n) is 9.83. The van der Waals surface area contributed by atoms with Gasteiger partial charge in [-0.25, -0.2) is 5.01 Å². The minimum absolute atomic E-state index is 0.188. The van der Waals surface area contributed by atoms with Crippen LogP contribution in [0.15, 0.2) is 24.3 Å². The van der Waals surface area contributed by atoms with Gasteiger partial charge in [0.25, 0.3) is 5.91 Å². The van der Waals surface area contributed by atoms with E-state index in [9.17, 15) is 9.90 Å². The van der Waals surface area contributed by atoms with Crippen LogP contribution in [0.2, 0.25) is 0 Å². The van der Waals surface area contributed by atoms with E-state index >= 15 is 0 Å². The van der Waals surface area contributed by atoms with Crippen molar-refractivity contribution in [2.75, 3.05) is 12.1 Å². The molecule has 1 N–H and O–H groups in total. The average molecular weight is 356 g/mol. The molecule has 2 unspecified atom stereocenters. The van der Waals surface area contributed by atoms with E-state index < -0.39 is 11.1 Å². The quantitative estimate of drug-likeness (QED) is 0.905. The largest absolute Gasteiger partial charge is 0.495 e. The van der Waals surface area contributed by atoms with Gasteiger partial charge >= 0.3 is 0 Å². The maximum atomic E-state index is 13.2. The smallest absolute Gasteiger partial charge is 0.268 e. The summed E-state index contributed by atoms with van der Waals surface area (Å²) in [6, 6.07) is 8.14. The van der Waals surface area contributed by atoms with E-state index in [1.807, 2.05) is 43.1 Å². The Labute approximate surface area is 154 Å². The molecular weight excluding hydrogens is 328 g/mol. The summed E-state index contributed by atoms with van der Waals surface area (Å²) in [4.78, 5) is 13.2. The van der Waals surface area contributed by atoms with Crippen LogP contribution >= 0.6 is 0 Å². The van der Waals surface area contributed by atoms with Crippen molar-refractivity contribution in [3.63, 3.8) is 0 Å². The molecule has 2 atom stereocenters. The highest BCUT2D eigenvalue weighted by Gasteiger charge is 2.63. The maximum absolute atomic E-state index is 13.2. The number of amides is 1. The van der Waals surface area contributed by atoms with Crippen LogP contribution in [0.1, 0.15) is 46.0 Å². The number of carbonyl (C=O) groups excluding carboxylic acids is 1. The maximum Gasteiger partial charge on any atom is 0.268 e. The number of hydrogen-bond donors (Lipinski definition) is 1. The number of aliphatic hydroxyl groups is 1. The second kappa shape index (κ2) is 5.16. The lowest BCUT2D eigenvalue weighted by Crippen LogP contribution is -2.81. The first-order chi connectivity index (χ1) is 12.3. The average Bonchev–Trinajstić information content (AvgIpc) is 2.58. The number of hydrogen-bond acceptors (Lipinski definition) is 4. The van der Waals surface area contributed by atoms with Crippen molar-refractivity contribution in [3.8, 4) is 5.75 Å². The molecule has 4 saturated carbocycles. The lowest BCUT2D eigenvalue weighted by molar-refractivity contribution is -0.190. The van der Waals surface area contributed by atoms with Crippen molar-refractivity contribution in [1.29, 1.82) is 0 Å². The molecule has 5 heteroatoms. The Bertz CT molecular complexity index is 745. The molecule has 4 aliphatic carbocycles. The fourth-order valence-corrected chi connectivity index (χ4v) is 6.53. The molecule has 4 bridgehead atoms. The molecule has 0 aromatic heterocycles. The van der Waals surface area contributed by atoms with Gasteiger partial charge in [0, 0.05) is 0 Å². The van der Waals surface area contributed by atoms with Crippen LogP contribution in [-0.2, 0) is 4.79 Å². The predicted octanol–water partition coefficient (Wildman–Crippen LogP) is 2.98. The van der Waals surface area contributed by atoms with Gasteiger partial charge in [-0.3, -0.25) is 9.80 Å². The fourth-order valence-electron chi connectivity index (χ4n) is 6.53. The molecule has 5 aliphatic rings. The number of carbonyl (C=O) groups is 1. The molecule has 140 valence electrons. The molecule has 6 rings (SSSR count). The number of ether oxygens (including phenoxy) is 1. The van der Waals surface area contributed by atoms with Crippen molar-refractivity contribution < 1.29 is 14.6 Å². The third-order valence-electron chi connectivity index (χ3n) is 7.26. The summed E-state index contributed by atoms with van der Waals surface area (Å²) in [6.45, 7) is 3.98. The van der Waals surface area contributed by atoms with Crippen molar-refractivity contribution in [2.45, 2.75) is 63.1 Å². The van der Waals surface area contributed by atoms with Gasteiger partial charge in [-0.05, 0) is 75.8 Å². The van der Waals surface area contributed by atoms with Crippen LogP contribution in [0, 0.1) is 17.8 Å². The molecule has 1 saturated heterocycles. The Kier molecular flexibility index (Phi) is 3.26. The molecule has 0 radical (unpaired) electrons. The van der Waals surface area contributed by atoms with E-state index in [1.165, 1.54) is 0 Å². The summed E-state index contributed by atoms with van der Waals surface area (Å²) in [5, 5.41) is 15.0. The van der Waals surface area contributed by atoms with Crippen molar-refractivity contribution in [2.24, 2.45) is 17.8 Å². The molecule has 1 aromatic rings. The molecule has 0 spiro atoms. The topological polar surface area (TPSA) is 53.0 Å². The Morgan fingerprint density at radius 3 is 2.38 bits per heavy atom. The molecule has 1 amide bonds. The van der Waals surface area contributed by atoms with E-state index in [1.54, 1.807) is 7.11 Å². The zero-order valence-electron chi connectivity index (χ0n) is 15.8. The number of rotatable bonds is 3. The molecule has 1 heterocycles. The molecule has 26 heavy (non-hydrogen) atoms. The number of anilines is 1. The van der Waals surface area contributed by atoms with E-state index in [0.717, 1.165) is 43.5 Å². The zero-order valence-corrected chi connectivity index (χ0v) is 15.8. The third kappa shape index (κ3) is 2.04. The van der Waals surface area contributed by atoms with Crippen LogP contribution in [0.5, 0.6) is 5.75 Å². The number of para-hydroxylation sites is 2. The molecule has 5 nitrogen and oxygen atoms in total. The van der Waals surface area contributed by atoms with E-state index in [2.05, 4.69) is 5.01 Å². The Morgan fingerprint density at radius 2 is 1.77 bits per heavy atom. The number of hydrazine groups is 1. The summed E-state index contributed by atoms with van der Waals surface area (Å²) in [5.41, 5.74) is -0.0987. The van der Waals surface area contributed by atoms with Gasteiger partial charge in [0.15, 0.2) is 0 Å². The van der Waals surface area contributed by atoms with Crippen LogP contribution in [-0.4, -0.2) is 40.3 Å². The number of benzene rings is 1. The van der Waals surface area contributed by atoms with Crippen molar-refractivity contribution in [1.82, 2.24) is 5.01 Å². The Balaban J connectivity index is 1.53. The fraction of sp³-hybridized carbons (Fsp3) is 0.667. The van der Waals surface area contributed by atoms with Crippen LogP contribution in [0.25, 0.3) is 0 Å². The van der Waals surface area contributed by atoms with Gasteiger partial charge in [-0.15, -0.1) is 0 Å². The molecular formula is C21H28N2O3. The molecule has 1 aliphatic heterocycles. The highest BCUT2D eigenvalue weighted by molar-refractivity contribution is 5.98. The van der Waals surface area contributed by atoms with E-state index in [0.29, 0.717) is 17.8 Å². The normalized spacial score (nSPS) is 39.9. The van der Waals surface area contributed by atoms with Gasteiger partial charge < -0.3 is 9.84 Å².